The molecule has 8 nitrogen and oxygen atoms in total. The molecule has 0 aromatic heterocycles. The van der Waals surface area contributed by atoms with Crippen molar-refractivity contribution >= 4 is 33.7 Å². The topological polar surface area (TPSA) is 113 Å². The van der Waals surface area contributed by atoms with Gasteiger partial charge in [-0.05, 0) is 96.2 Å². The van der Waals surface area contributed by atoms with Crippen molar-refractivity contribution < 1.29 is 27.9 Å². The third kappa shape index (κ3) is 8.54. The van der Waals surface area contributed by atoms with Crippen molar-refractivity contribution in [3.05, 3.63) is 125 Å². The van der Waals surface area contributed by atoms with Gasteiger partial charge in [0.15, 0.2) is 0 Å². The van der Waals surface area contributed by atoms with Crippen LogP contribution in [0.4, 0.5) is 0 Å². The molecule has 2 N–H and O–H groups in total. The molecule has 48 heavy (non-hydrogen) atoms. The number of sulfonamides is 1. The number of nitrogens with zero attached hydrogens (tertiary/aromatic N) is 1. The quantitative estimate of drug-likeness (QED) is 0.148. The lowest BCUT2D eigenvalue weighted by molar-refractivity contribution is -0.139. The number of benzene rings is 4. The number of nitrogens with one attached hydrogen (secondary N) is 1. The minimum absolute atomic E-state index is 0.102. The number of piperidine rings is 1. The van der Waals surface area contributed by atoms with Crippen LogP contribution >= 0.6 is 11.8 Å². The van der Waals surface area contributed by atoms with E-state index >= 15 is 0 Å². The zero-order chi connectivity index (χ0) is 34.1. The first-order chi connectivity index (χ1) is 23.2. The largest absolute Gasteiger partial charge is 0.480 e. The van der Waals surface area contributed by atoms with Gasteiger partial charge in [0.2, 0.25) is 10.0 Å². The van der Waals surface area contributed by atoms with Crippen LogP contribution in [0, 0.1) is 12.8 Å². The van der Waals surface area contributed by atoms with Gasteiger partial charge < -0.3 is 15.2 Å². The third-order valence-corrected chi connectivity index (χ3v) is 11.4. The van der Waals surface area contributed by atoms with Crippen LogP contribution in [0.2, 0.25) is 0 Å². The van der Waals surface area contributed by atoms with Crippen LogP contribution in [0.1, 0.15) is 52.4 Å². The Hall–Kier alpha value is -3.96. The molecule has 1 unspecified atom stereocenters. The van der Waals surface area contributed by atoms with E-state index in [1.807, 2.05) is 86.0 Å². The molecule has 5 rings (SSSR count). The molecule has 0 radical (unpaired) electrons. The van der Waals surface area contributed by atoms with Crippen LogP contribution in [0.15, 0.2) is 108 Å². The smallest absolute Gasteiger partial charge is 0.326 e. The Morgan fingerprint density at radius 1 is 0.917 bits per heavy atom. The summed E-state index contributed by atoms with van der Waals surface area (Å²) < 4.78 is 34.8. The molecular formula is C38H42N2O6S2. The molecule has 2 atom stereocenters. The normalized spacial score (nSPS) is 15.5. The molecule has 1 aliphatic heterocycles. The fourth-order valence-electron chi connectivity index (χ4n) is 6.20. The van der Waals surface area contributed by atoms with E-state index in [1.54, 1.807) is 34.6 Å². The first-order valence-corrected chi connectivity index (χ1v) is 19.0. The second kappa shape index (κ2) is 16.4. The molecule has 4 aromatic carbocycles. The van der Waals surface area contributed by atoms with E-state index in [-0.39, 0.29) is 18.6 Å². The molecule has 252 valence electrons. The maximum absolute atomic E-state index is 13.5. The van der Waals surface area contributed by atoms with Crippen LogP contribution in [0.25, 0.3) is 11.1 Å². The van der Waals surface area contributed by atoms with Gasteiger partial charge in [-0.25, -0.2) is 13.2 Å². The van der Waals surface area contributed by atoms with Gasteiger partial charge >= 0.3 is 5.97 Å². The summed E-state index contributed by atoms with van der Waals surface area (Å²) in [6.45, 7) is 3.07. The maximum atomic E-state index is 13.5. The van der Waals surface area contributed by atoms with Crippen molar-refractivity contribution in [3.63, 3.8) is 0 Å². The van der Waals surface area contributed by atoms with Crippen molar-refractivity contribution in [2.45, 2.75) is 49.8 Å². The van der Waals surface area contributed by atoms with Crippen molar-refractivity contribution in [2.75, 3.05) is 25.1 Å². The predicted octanol–water partition coefficient (Wildman–Crippen LogP) is 6.96. The van der Waals surface area contributed by atoms with Crippen LogP contribution in [0.3, 0.4) is 0 Å². The Balaban J connectivity index is 1.37. The number of ether oxygens (including phenoxy) is 1. The first-order valence-electron chi connectivity index (χ1n) is 16.1. The average molecular weight is 687 g/mol. The molecule has 0 saturated carbocycles. The van der Waals surface area contributed by atoms with Crippen LogP contribution in [-0.2, 0) is 26.2 Å². The third-order valence-electron chi connectivity index (χ3n) is 8.84. The number of amides is 1. The molecule has 1 aliphatic rings. The number of hydrogen-bond donors (Lipinski definition) is 2. The predicted molar refractivity (Wildman–Crippen MR) is 190 cm³/mol. The highest BCUT2D eigenvalue weighted by Gasteiger charge is 2.34. The Morgan fingerprint density at radius 3 is 2.21 bits per heavy atom. The molecule has 4 aromatic rings. The number of rotatable bonds is 14. The molecule has 1 heterocycles. The van der Waals surface area contributed by atoms with Crippen molar-refractivity contribution in [2.24, 2.45) is 5.92 Å². The number of carbonyl (C=O) groups is 2. The number of hydrogen-bond acceptors (Lipinski definition) is 6. The highest BCUT2D eigenvalue weighted by molar-refractivity contribution is 7.98. The number of carbonyl (C=O) groups excluding carboxylic acids is 1. The van der Waals surface area contributed by atoms with E-state index in [1.165, 1.54) is 11.8 Å². The maximum Gasteiger partial charge on any atom is 0.326 e. The monoisotopic (exact) mass is 686 g/mol. The molecule has 10 heteroatoms. The highest BCUT2D eigenvalue weighted by Crippen LogP contribution is 2.36. The van der Waals surface area contributed by atoms with E-state index in [4.69, 9.17) is 4.74 Å². The number of thioether (sulfide) groups is 1. The van der Waals surface area contributed by atoms with Gasteiger partial charge in [-0.3, -0.25) is 4.79 Å². The van der Waals surface area contributed by atoms with Crippen molar-refractivity contribution in [1.82, 2.24) is 9.62 Å². The molecule has 0 aliphatic carbocycles. The second-order valence-corrected chi connectivity index (χ2v) is 15.0. The Morgan fingerprint density at radius 2 is 1.56 bits per heavy atom. The van der Waals surface area contributed by atoms with Gasteiger partial charge in [-0.15, -0.1) is 0 Å². The summed E-state index contributed by atoms with van der Waals surface area (Å²) in [4.78, 5) is 25.7. The van der Waals surface area contributed by atoms with Gasteiger partial charge in [0.05, 0.1) is 17.6 Å². The summed E-state index contributed by atoms with van der Waals surface area (Å²) in [5.41, 5.74) is 4.87. The fraction of sp³-hybridized carbons (Fsp3) is 0.316. The molecule has 1 saturated heterocycles. The van der Waals surface area contributed by atoms with Crippen LogP contribution < -0.4 is 5.32 Å². The van der Waals surface area contributed by atoms with Gasteiger partial charge in [0.1, 0.15) is 6.04 Å². The number of aryl methyl sites for hydroxylation is 1. The fourth-order valence-corrected chi connectivity index (χ4v) is 8.16. The van der Waals surface area contributed by atoms with E-state index in [0.29, 0.717) is 54.1 Å². The second-order valence-electron chi connectivity index (χ2n) is 12.0. The standard InChI is InChI=1S/C38H42N2O6S2/c1-27-11-9-10-16-32(27)34-25-28(17-18-33(34)37(41)39-35(38(42)43)21-24-47-2)26-46-36(29-12-5-3-6-13-29)30-19-22-40(23-20-30)48(44,45)31-14-7-4-8-15-31/h3-18,25,30,35-36H,19-24,26H2,1-2H3,(H,39,41)(H,42,43)/t35-,36?/m0/s1. The van der Waals surface area contributed by atoms with Crippen molar-refractivity contribution in [3.8, 4) is 11.1 Å². The summed E-state index contributed by atoms with van der Waals surface area (Å²) in [5, 5.41) is 12.5. The first kappa shape index (κ1) is 35.3. The lowest BCUT2D eigenvalue weighted by Gasteiger charge is -2.35. The Bertz CT molecular complexity index is 1790. The highest BCUT2D eigenvalue weighted by atomic mass is 32.2. The molecule has 1 fully saturated rings. The van der Waals surface area contributed by atoms with E-state index in [9.17, 15) is 23.1 Å². The van der Waals surface area contributed by atoms with Gasteiger partial charge in [0, 0.05) is 18.7 Å². The number of carboxylic acid groups (broad SMARTS) is 1. The summed E-state index contributed by atoms with van der Waals surface area (Å²) in [7, 11) is -3.57. The summed E-state index contributed by atoms with van der Waals surface area (Å²) in [5.74, 6) is -0.781. The van der Waals surface area contributed by atoms with Crippen LogP contribution in [-0.4, -0.2) is 60.8 Å². The van der Waals surface area contributed by atoms with Crippen LogP contribution in [0.5, 0.6) is 0 Å². The van der Waals surface area contributed by atoms with Gasteiger partial charge in [-0.2, -0.15) is 16.1 Å². The van der Waals surface area contributed by atoms with Gasteiger partial charge in [0.25, 0.3) is 5.91 Å². The molecular weight excluding hydrogens is 645 g/mol. The molecule has 0 bridgehead atoms. The van der Waals surface area contributed by atoms with Crippen molar-refractivity contribution in [1.29, 1.82) is 0 Å². The SMILES string of the molecule is CSCC[C@H](NC(=O)c1ccc(COC(c2ccccc2)C2CCN(S(=O)(=O)c3ccccc3)CC2)cc1-c1ccccc1C)C(=O)O. The van der Waals surface area contributed by atoms with E-state index in [0.717, 1.165) is 22.3 Å². The minimum Gasteiger partial charge on any atom is -0.480 e. The average Bonchev–Trinajstić information content (AvgIpc) is 3.11. The van der Waals surface area contributed by atoms with E-state index in [2.05, 4.69) is 5.32 Å². The number of carboxylic acids is 1. The summed E-state index contributed by atoms with van der Waals surface area (Å²) in [6.07, 6.45) is 3.28. The minimum atomic E-state index is -3.57. The zero-order valence-electron chi connectivity index (χ0n) is 27.2. The Kier molecular flexibility index (Phi) is 12.1. The molecule has 1 amide bonds. The van der Waals surface area contributed by atoms with Gasteiger partial charge in [-0.1, -0.05) is 78.9 Å². The summed E-state index contributed by atoms with van der Waals surface area (Å²) in [6, 6.07) is 30.9. The summed E-state index contributed by atoms with van der Waals surface area (Å²) >= 11 is 1.53. The lowest BCUT2D eigenvalue weighted by Crippen LogP contribution is -2.41. The zero-order valence-corrected chi connectivity index (χ0v) is 28.9. The molecule has 0 spiro atoms. The van der Waals surface area contributed by atoms with E-state index < -0.39 is 27.9 Å². The lowest BCUT2D eigenvalue weighted by atomic mass is 9.88. The Labute approximate surface area is 287 Å². The number of aliphatic carboxylic acids is 1.